The summed E-state index contributed by atoms with van der Waals surface area (Å²) < 4.78 is 15.1. The molecule has 0 bridgehead atoms. The molecule has 8 nitrogen and oxygen atoms in total. The van der Waals surface area contributed by atoms with E-state index in [4.69, 9.17) is 5.73 Å². The number of amides is 2. The number of carbonyl (C=O) groups is 2. The van der Waals surface area contributed by atoms with E-state index in [2.05, 4.69) is 20.6 Å². The number of carbonyl (C=O) groups excluding carboxylic acids is 2. The number of aromatic nitrogens is 3. The van der Waals surface area contributed by atoms with Crippen LogP contribution in [0.15, 0.2) is 24.5 Å². The quantitative estimate of drug-likeness (QED) is 0.365. The van der Waals surface area contributed by atoms with Crippen molar-refractivity contribution in [2.75, 3.05) is 18.8 Å². The number of thiazole rings is 1. The van der Waals surface area contributed by atoms with Crippen LogP contribution in [0.25, 0.3) is 4.96 Å². The fourth-order valence-corrected chi connectivity index (χ4v) is 3.70. The summed E-state index contributed by atoms with van der Waals surface area (Å²) in [6, 6.07) is 2.71. The van der Waals surface area contributed by atoms with E-state index >= 15 is 0 Å². The first-order chi connectivity index (χ1) is 13.9. The fraction of sp³-hybridized carbons (Fsp3) is 0.368. The number of hydrogen-bond donors (Lipinski definition) is 3. The Labute approximate surface area is 171 Å². The highest BCUT2D eigenvalue weighted by molar-refractivity contribution is 7.18. The van der Waals surface area contributed by atoms with Crippen LogP contribution in [0.4, 0.5) is 10.1 Å². The maximum absolute atomic E-state index is 13.3. The van der Waals surface area contributed by atoms with Crippen molar-refractivity contribution in [2.45, 2.75) is 32.6 Å². The van der Waals surface area contributed by atoms with E-state index in [0.717, 1.165) is 36.3 Å². The summed E-state index contributed by atoms with van der Waals surface area (Å²) in [6.07, 6.45) is 7.16. The van der Waals surface area contributed by atoms with Gasteiger partial charge in [0, 0.05) is 25.5 Å². The van der Waals surface area contributed by atoms with Gasteiger partial charge in [0.05, 0.1) is 11.4 Å². The molecule has 10 heteroatoms. The largest absolute Gasteiger partial charge is 0.395 e. The zero-order valence-electron chi connectivity index (χ0n) is 16.1. The molecule has 0 aromatic carbocycles. The topological polar surface area (TPSA) is 114 Å². The molecule has 154 valence electrons. The molecular formula is C19H23FN6O2S. The van der Waals surface area contributed by atoms with Gasteiger partial charge in [-0.25, -0.2) is 9.97 Å². The number of nitrogen functional groups attached to an aromatic ring is 1. The summed E-state index contributed by atoms with van der Waals surface area (Å²) in [5, 5.41) is 5.62. The molecule has 0 unspecified atom stereocenters. The number of nitrogens with two attached hydrogens (primary N) is 1. The molecule has 0 aliphatic carbocycles. The lowest BCUT2D eigenvalue weighted by molar-refractivity contribution is 0.0941. The Morgan fingerprint density at radius 2 is 1.76 bits per heavy atom. The SMILES string of the molecule is Cc1cn2cc(C(=O)NCCCCCCNC(=O)c3ccc(N)c(F)n3)sc2n1. The molecule has 0 saturated heterocycles. The third-order valence-electron chi connectivity index (χ3n) is 4.29. The summed E-state index contributed by atoms with van der Waals surface area (Å²) in [4.78, 5) is 33.4. The van der Waals surface area contributed by atoms with Crippen molar-refractivity contribution < 1.29 is 14.0 Å². The standard InChI is InChI=1S/C19H23FN6O2S/c1-12-10-26-11-15(29-19(26)24-12)18(28)23-9-5-3-2-4-8-22-17(27)14-7-6-13(21)16(20)25-14/h6-7,10-11H,2-5,8-9,21H2,1H3,(H,22,27)(H,23,28). The molecule has 0 saturated carbocycles. The Morgan fingerprint density at radius 3 is 2.41 bits per heavy atom. The van der Waals surface area contributed by atoms with Gasteiger partial charge in [0.1, 0.15) is 10.6 Å². The lowest BCUT2D eigenvalue weighted by atomic mass is 10.2. The number of anilines is 1. The first-order valence-electron chi connectivity index (χ1n) is 9.37. The average Bonchev–Trinajstić information content (AvgIpc) is 3.23. The Morgan fingerprint density at radius 1 is 1.07 bits per heavy atom. The second-order valence-corrected chi connectivity index (χ2v) is 7.68. The number of aryl methyl sites for hydroxylation is 1. The monoisotopic (exact) mass is 418 g/mol. The molecule has 3 aromatic rings. The number of rotatable bonds is 9. The van der Waals surface area contributed by atoms with E-state index < -0.39 is 11.9 Å². The molecule has 3 aromatic heterocycles. The third kappa shape index (κ3) is 5.50. The van der Waals surface area contributed by atoms with E-state index in [0.29, 0.717) is 18.0 Å². The van der Waals surface area contributed by atoms with Crippen molar-refractivity contribution in [3.8, 4) is 0 Å². The second-order valence-electron chi connectivity index (χ2n) is 6.67. The summed E-state index contributed by atoms with van der Waals surface area (Å²) in [7, 11) is 0. The summed E-state index contributed by atoms with van der Waals surface area (Å²) >= 11 is 1.37. The van der Waals surface area contributed by atoms with E-state index in [-0.39, 0.29) is 17.3 Å². The molecule has 3 rings (SSSR count). The highest BCUT2D eigenvalue weighted by Gasteiger charge is 2.11. The Kier molecular flexibility index (Phi) is 6.76. The first-order valence-corrected chi connectivity index (χ1v) is 10.2. The van der Waals surface area contributed by atoms with Gasteiger partial charge in [-0.1, -0.05) is 24.2 Å². The van der Waals surface area contributed by atoms with Crippen molar-refractivity contribution >= 4 is 33.8 Å². The lowest BCUT2D eigenvalue weighted by Gasteiger charge is -2.06. The van der Waals surface area contributed by atoms with Crippen molar-refractivity contribution in [1.29, 1.82) is 0 Å². The number of nitrogens with one attached hydrogen (secondary N) is 2. The van der Waals surface area contributed by atoms with Gasteiger partial charge in [0.25, 0.3) is 11.8 Å². The normalized spacial score (nSPS) is 11.0. The maximum Gasteiger partial charge on any atom is 0.269 e. The summed E-state index contributed by atoms with van der Waals surface area (Å²) in [5.41, 5.74) is 6.19. The zero-order valence-corrected chi connectivity index (χ0v) is 16.9. The fourth-order valence-electron chi connectivity index (χ4n) is 2.77. The van der Waals surface area contributed by atoms with Gasteiger partial charge in [-0.2, -0.15) is 4.39 Å². The minimum atomic E-state index is -0.841. The van der Waals surface area contributed by atoms with Crippen LogP contribution in [0.2, 0.25) is 0 Å². The molecule has 2 amide bonds. The van der Waals surface area contributed by atoms with Crippen LogP contribution >= 0.6 is 11.3 Å². The predicted octanol–water partition coefficient (Wildman–Crippen LogP) is 2.54. The van der Waals surface area contributed by atoms with E-state index in [1.165, 1.54) is 23.5 Å². The van der Waals surface area contributed by atoms with E-state index in [1.54, 1.807) is 6.20 Å². The van der Waals surface area contributed by atoms with Gasteiger partial charge in [-0.15, -0.1) is 0 Å². The number of imidazole rings is 1. The molecule has 3 heterocycles. The lowest BCUT2D eigenvalue weighted by Crippen LogP contribution is -2.26. The van der Waals surface area contributed by atoms with Gasteiger partial charge >= 0.3 is 0 Å². The molecule has 0 aliphatic rings. The maximum atomic E-state index is 13.3. The Balaban J connectivity index is 1.27. The summed E-state index contributed by atoms with van der Waals surface area (Å²) in [5.74, 6) is -1.35. The van der Waals surface area contributed by atoms with Crippen LogP contribution in [0.1, 0.15) is 51.5 Å². The second kappa shape index (κ2) is 9.46. The van der Waals surface area contributed by atoms with Crippen LogP contribution in [0, 0.1) is 12.9 Å². The van der Waals surface area contributed by atoms with Crippen LogP contribution in [-0.2, 0) is 0 Å². The molecule has 4 N–H and O–H groups in total. The highest BCUT2D eigenvalue weighted by atomic mass is 32.1. The Hall–Kier alpha value is -3.01. The predicted molar refractivity (Wildman–Crippen MR) is 110 cm³/mol. The van der Waals surface area contributed by atoms with Gasteiger partial charge in [0.15, 0.2) is 4.96 Å². The molecule has 0 aliphatic heterocycles. The van der Waals surface area contributed by atoms with Crippen LogP contribution in [-0.4, -0.2) is 39.3 Å². The van der Waals surface area contributed by atoms with Gasteiger partial charge < -0.3 is 16.4 Å². The van der Waals surface area contributed by atoms with Gasteiger partial charge in [-0.3, -0.25) is 14.0 Å². The first kappa shape index (κ1) is 20.7. The number of fused-ring (bicyclic) bond motifs is 1. The number of nitrogens with zero attached hydrogens (tertiary/aromatic N) is 3. The number of halogens is 1. The smallest absolute Gasteiger partial charge is 0.269 e. The van der Waals surface area contributed by atoms with E-state index in [1.807, 2.05) is 17.5 Å². The molecule has 29 heavy (non-hydrogen) atoms. The number of unbranched alkanes of at least 4 members (excludes halogenated alkanes) is 3. The number of pyridine rings is 1. The van der Waals surface area contributed by atoms with Crippen LogP contribution in [0.5, 0.6) is 0 Å². The van der Waals surface area contributed by atoms with Gasteiger partial charge in [-0.05, 0) is 31.9 Å². The minimum Gasteiger partial charge on any atom is -0.395 e. The highest BCUT2D eigenvalue weighted by Crippen LogP contribution is 2.17. The molecule has 0 fully saturated rings. The molecular weight excluding hydrogens is 395 g/mol. The minimum absolute atomic E-state index is 0.00980. The third-order valence-corrected chi connectivity index (χ3v) is 5.28. The molecule has 0 atom stereocenters. The molecule has 0 spiro atoms. The van der Waals surface area contributed by atoms with Crippen molar-refractivity contribution in [2.24, 2.45) is 0 Å². The van der Waals surface area contributed by atoms with E-state index in [9.17, 15) is 14.0 Å². The van der Waals surface area contributed by atoms with Crippen molar-refractivity contribution in [3.63, 3.8) is 0 Å². The van der Waals surface area contributed by atoms with Crippen LogP contribution < -0.4 is 16.4 Å². The molecule has 0 radical (unpaired) electrons. The van der Waals surface area contributed by atoms with Crippen molar-refractivity contribution in [3.05, 3.63) is 46.7 Å². The van der Waals surface area contributed by atoms with Crippen LogP contribution in [0.3, 0.4) is 0 Å². The summed E-state index contributed by atoms with van der Waals surface area (Å²) in [6.45, 7) is 2.99. The number of hydrogen-bond acceptors (Lipinski definition) is 6. The zero-order chi connectivity index (χ0) is 20.8. The van der Waals surface area contributed by atoms with Gasteiger partial charge in [0.2, 0.25) is 5.95 Å². The average molecular weight is 418 g/mol. The van der Waals surface area contributed by atoms with Crippen molar-refractivity contribution in [1.82, 2.24) is 25.0 Å². The Bertz CT molecular complexity index is 984.